The van der Waals surface area contributed by atoms with Crippen LogP contribution in [0, 0.1) is 0 Å². The van der Waals surface area contributed by atoms with Gasteiger partial charge in [0.25, 0.3) is 0 Å². The van der Waals surface area contributed by atoms with Gasteiger partial charge in [0.2, 0.25) is 5.91 Å². The first-order valence-corrected chi connectivity index (χ1v) is 37.3. The standard InChI is InChI=1S/C77H137NO13/c1-3-5-7-9-11-13-15-17-19-21-23-25-27-28-29-30-31-32-33-34-35-36-37-38-39-41-43-45-47-49-51-53-55-57-59-61-69(82)78-65(64-88-76-74(87)72(85)75(68(63-80)90-76)91-77-73(86)71(84)70(83)67(62-79)89-77)66(81)60-58-56-54-52-50-48-46-44-42-40-26-24-22-20-18-16-14-12-10-8-6-4-2/h5,7,11,13,17,19,23,25,28-29,31-32,58,60,65-68,70-77,79-81,83-87H,3-4,6,8-10,12,14-16,18,20-22,24,26-27,30,33-57,59,61-64H2,1-2H3,(H,78,82)/b7-5-,13-11-,19-17-,25-23-,29-28-,32-31-,60-58+. The minimum Gasteiger partial charge on any atom is -0.394 e. The summed E-state index contributed by atoms with van der Waals surface area (Å²) in [6, 6.07) is -0.919. The molecule has 2 heterocycles. The van der Waals surface area contributed by atoms with Gasteiger partial charge in [-0.05, 0) is 70.6 Å². The number of allylic oxidation sites excluding steroid dienone is 13. The van der Waals surface area contributed by atoms with Gasteiger partial charge in [0.05, 0.1) is 32.0 Å². The normalized spacial score (nSPS) is 23.3. The molecule has 2 saturated heterocycles. The first-order valence-electron chi connectivity index (χ1n) is 37.3. The van der Waals surface area contributed by atoms with Crippen LogP contribution in [-0.4, -0.2) is 140 Å². The molecule has 1 amide bonds. The van der Waals surface area contributed by atoms with Crippen LogP contribution in [0.4, 0.5) is 0 Å². The van der Waals surface area contributed by atoms with E-state index in [4.69, 9.17) is 18.9 Å². The maximum Gasteiger partial charge on any atom is 0.220 e. The Bertz CT molecular complexity index is 1850. The Hall–Kier alpha value is -2.83. The summed E-state index contributed by atoms with van der Waals surface area (Å²) in [5.74, 6) is -0.238. The summed E-state index contributed by atoms with van der Waals surface area (Å²) in [5, 5.41) is 87.5. The van der Waals surface area contributed by atoms with Crippen LogP contribution in [0.3, 0.4) is 0 Å². The van der Waals surface area contributed by atoms with Crippen molar-refractivity contribution in [2.75, 3.05) is 19.8 Å². The van der Waals surface area contributed by atoms with Crippen LogP contribution < -0.4 is 5.32 Å². The van der Waals surface area contributed by atoms with Crippen molar-refractivity contribution in [1.29, 1.82) is 0 Å². The van der Waals surface area contributed by atoms with Crippen molar-refractivity contribution < 1.29 is 64.6 Å². The van der Waals surface area contributed by atoms with Crippen LogP contribution >= 0.6 is 0 Å². The van der Waals surface area contributed by atoms with Gasteiger partial charge in [0.1, 0.15) is 48.8 Å². The van der Waals surface area contributed by atoms with Crippen LogP contribution in [0.5, 0.6) is 0 Å². The second-order valence-corrected chi connectivity index (χ2v) is 26.0. The summed E-state index contributed by atoms with van der Waals surface area (Å²) in [6.07, 6.45) is 67.8. The SMILES string of the molecule is CC/C=C\C/C=C\C/C=C\C/C=C\C/C=C\C/C=C\CCCCCCCCCCCCCCCCCCC(=O)NC(COC1OC(CO)C(OC2OC(CO)C(O)C(O)C2O)C(O)C1O)C(O)/C=C/CCCCCCCCCCCCCCCCCCCCCC. The molecule has 12 unspecified atom stereocenters. The van der Waals surface area contributed by atoms with Crippen LogP contribution in [0.2, 0.25) is 0 Å². The number of amides is 1. The molecule has 2 fully saturated rings. The van der Waals surface area contributed by atoms with Gasteiger partial charge in [-0.25, -0.2) is 0 Å². The number of rotatable bonds is 61. The number of aliphatic hydroxyl groups excluding tert-OH is 8. The van der Waals surface area contributed by atoms with E-state index in [1.165, 1.54) is 199 Å². The number of hydrogen-bond acceptors (Lipinski definition) is 13. The zero-order chi connectivity index (χ0) is 65.9. The Kier molecular flexibility index (Phi) is 56.3. The van der Waals surface area contributed by atoms with Crippen molar-refractivity contribution in [3.05, 3.63) is 85.1 Å². The molecule has 12 atom stereocenters. The maximum absolute atomic E-state index is 13.4. The van der Waals surface area contributed by atoms with Gasteiger partial charge >= 0.3 is 0 Å². The predicted molar refractivity (Wildman–Crippen MR) is 373 cm³/mol. The van der Waals surface area contributed by atoms with E-state index in [0.29, 0.717) is 6.42 Å². The lowest BCUT2D eigenvalue weighted by Gasteiger charge is -2.46. The van der Waals surface area contributed by atoms with Gasteiger partial charge in [0.15, 0.2) is 12.6 Å². The number of carbonyl (C=O) groups excluding carboxylic acids is 1. The highest BCUT2D eigenvalue weighted by Crippen LogP contribution is 2.30. The molecule has 14 heteroatoms. The largest absolute Gasteiger partial charge is 0.394 e. The molecule has 0 saturated carbocycles. The highest BCUT2D eigenvalue weighted by molar-refractivity contribution is 5.76. The Labute approximate surface area is 554 Å². The lowest BCUT2D eigenvalue weighted by Crippen LogP contribution is -2.65. The van der Waals surface area contributed by atoms with Gasteiger partial charge < -0.3 is 65.1 Å². The molecule has 2 aliphatic heterocycles. The molecule has 2 rings (SSSR count). The third kappa shape index (κ3) is 44.5. The third-order valence-corrected chi connectivity index (χ3v) is 17.8. The molecule has 14 nitrogen and oxygen atoms in total. The number of unbranched alkanes of at least 4 members (excludes halogenated alkanes) is 36. The lowest BCUT2D eigenvalue weighted by molar-refractivity contribution is -0.359. The van der Waals surface area contributed by atoms with E-state index < -0.39 is 86.8 Å². The van der Waals surface area contributed by atoms with Crippen molar-refractivity contribution in [2.45, 2.75) is 376 Å². The molecular weight excluding hydrogens is 1150 g/mol. The van der Waals surface area contributed by atoms with Gasteiger partial charge in [-0.15, -0.1) is 0 Å². The fraction of sp³-hybridized carbons (Fsp3) is 0.805. The molecule has 2 aliphatic rings. The Balaban J connectivity index is 1.63. The topological polar surface area (TPSA) is 228 Å². The number of ether oxygens (including phenoxy) is 4. The van der Waals surface area contributed by atoms with Gasteiger partial charge in [-0.1, -0.05) is 311 Å². The Morgan fingerprint density at radius 1 is 0.407 bits per heavy atom. The first-order chi connectivity index (χ1) is 44.6. The van der Waals surface area contributed by atoms with Gasteiger partial charge in [0, 0.05) is 6.42 Å². The van der Waals surface area contributed by atoms with E-state index in [1.807, 2.05) is 6.08 Å². The number of carbonyl (C=O) groups is 1. The minimum atomic E-state index is -1.79. The Morgan fingerprint density at radius 2 is 0.758 bits per heavy atom. The molecule has 91 heavy (non-hydrogen) atoms. The average Bonchev–Trinajstić information content (AvgIpc) is 0.888. The molecule has 0 bridgehead atoms. The zero-order valence-corrected chi connectivity index (χ0v) is 57.6. The number of hydrogen-bond donors (Lipinski definition) is 9. The first kappa shape index (κ1) is 84.3. The van der Waals surface area contributed by atoms with E-state index in [9.17, 15) is 45.6 Å². The quantitative estimate of drug-likeness (QED) is 0.0204. The summed E-state index contributed by atoms with van der Waals surface area (Å²) in [5.41, 5.74) is 0. The highest BCUT2D eigenvalue weighted by atomic mass is 16.7. The van der Waals surface area contributed by atoms with Crippen molar-refractivity contribution in [2.24, 2.45) is 0 Å². The molecule has 0 aliphatic carbocycles. The van der Waals surface area contributed by atoms with Gasteiger partial charge in [-0.3, -0.25) is 4.79 Å². The monoisotopic (exact) mass is 1280 g/mol. The Morgan fingerprint density at radius 3 is 1.16 bits per heavy atom. The molecule has 0 aromatic carbocycles. The van der Waals surface area contributed by atoms with Crippen LogP contribution in [0.15, 0.2) is 85.1 Å². The fourth-order valence-corrected chi connectivity index (χ4v) is 11.9. The predicted octanol–water partition coefficient (Wildman–Crippen LogP) is 16.0. The average molecular weight is 1280 g/mol. The van der Waals surface area contributed by atoms with Crippen molar-refractivity contribution in [1.82, 2.24) is 5.32 Å². The van der Waals surface area contributed by atoms with Crippen molar-refractivity contribution in [3.8, 4) is 0 Å². The molecule has 528 valence electrons. The molecule has 0 spiro atoms. The number of nitrogens with one attached hydrogen (secondary N) is 1. The number of aliphatic hydroxyl groups is 8. The van der Waals surface area contributed by atoms with Crippen molar-refractivity contribution in [3.63, 3.8) is 0 Å². The van der Waals surface area contributed by atoms with E-state index >= 15 is 0 Å². The van der Waals surface area contributed by atoms with Crippen LogP contribution in [0.1, 0.15) is 303 Å². The lowest BCUT2D eigenvalue weighted by atomic mass is 9.97. The van der Waals surface area contributed by atoms with E-state index in [2.05, 4.69) is 92.1 Å². The third-order valence-electron chi connectivity index (χ3n) is 17.8. The zero-order valence-electron chi connectivity index (χ0n) is 57.6. The molecule has 0 aromatic heterocycles. The smallest absolute Gasteiger partial charge is 0.220 e. The maximum atomic E-state index is 13.4. The van der Waals surface area contributed by atoms with Crippen LogP contribution in [-0.2, 0) is 23.7 Å². The minimum absolute atomic E-state index is 0.238. The van der Waals surface area contributed by atoms with E-state index in [1.54, 1.807) is 6.08 Å². The molecule has 0 radical (unpaired) electrons. The molecular formula is C77H137NO13. The summed E-state index contributed by atoms with van der Waals surface area (Å²) < 4.78 is 22.9. The summed E-state index contributed by atoms with van der Waals surface area (Å²) in [7, 11) is 0. The van der Waals surface area contributed by atoms with Crippen molar-refractivity contribution >= 4 is 5.91 Å². The summed E-state index contributed by atoms with van der Waals surface area (Å²) in [4.78, 5) is 13.4. The second kappa shape index (κ2) is 60.8. The summed E-state index contributed by atoms with van der Waals surface area (Å²) >= 11 is 0. The molecule has 0 aromatic rings. The highest BCUT2D eigenvalue weighted by Gasteiger charge is 2.51. The molecule has 9 N–H and O–H groups in total. The van der Waals surface area contributed by atoms with E-state index in [0.717, 1.165) is 77.0 Å². The van der Waals surface area contributed by atoms with E-state index in [-0.39, 0.29) is 18.9 Å². The van der Waals surface area contributed by atoms with Gasteiger partial charge in [-0.2, -0.15) is 0 Å². The van der Waals surface area contributed by atoms with Crippen LogP contribution in [0.25, 0.3) is 0 Å². The second-order valence-electron chi connectivity index (χ2n) is 26.0. The summed E-state index contributed by atoms with van der Waals surface area (Å²) in [6.45, 7) is 2.72. The fourth-order valence-electron chi connectivity index (χ4n) is 11.9.